The van der Waals surface area contributed by atoms with Crippen LogP contribution in [0.1, 0.15) is 55.2 Å². The van der Waals surface area contributed by atoms with Crippen molar-refractivity contribution in [2.75, 3.05) is 30.7 Å². The number of thioether (sulfide) groups is 1. The molecule has 0 unspecified atom stereocenters. The SMILES string of the molecule is CCN(CC)CCCn1c2c(c(SCC(=O)Nc3ccc(C(C)=O)cc3)nc1=O)CCC2. The standard InChI is InChI=1S/C24H32N4O3S/c1-4-27(5-2)14-7-15-28-21-9-6-8-20(21)23(26-24(28)31)32-16-22(30)25-19-12-10-18(11-13-19)17(3)29/h10-13H,4-9,14-16H2,1-3H3,(H,25,30). The maximum atomic E-state index is 12.7. The van der Waals surface area contributed by atoms with Gasteiger partial charge >= 0.3 is 5.69 Å². The van der Waals surface area contributed by atoms with Crippen LogP contribution in [0.5, 0.6) is 0 Å². The number of fused-ring (bicyclic) bond motifs is 1. The molecule has 1 aliphatic carbocycles. The first-order valence-electron chi connectivity index (χ1n) is 11.3. The van der Waals surface area contributed by atoms with Crippen molar-refractivity contribution in [1.29, 1.82) is 0 Å². The van der Waals surface area contributed by atoms with Crippen LogP contribution in [0.3, 0.4) is 0 Å². The Morgan fingerprint density at radius 3 is 2.53 bits per heavy atom. The van der Waals surface area contributed by atoms with E-state index in [1.165, 1.54) is 18.7 Å². The highest BCUT2D eigenvalue weighted by Crippen LogP contribution is 2.29. The minimum Gasteiger partial charge on any atom is -0.325 e. The molecule has 32 heavy (non-hydrogen) atoms. The molecule has 0 saturated carbocycles. The van der Waals surface area contributed by atoms with Gasteiger partial charge in [-0.3, -0.25) is 14.2 Å². The summed E-state index contributed by atoms with van der Waals surface area (Å²) in [5.41, 5.74) is 3.24. The fourth-order valence-electron chi connectivity index (χ4n) is 4.05. The molecule has 0 atom stereocenters. The summed E-state index contributed by atoms with van der Waals surface area (Å²) in [6.45, 7) is 9.50. The van der Waals surface area contributed by atoms with Crippen molar-refractivity contribution in [3.8, 4) is 0 Å². The van der Waals surface area contributed by atoms with Gasteiger partial charge in [-0.15, -0.1) is 0 Å². The van der Waals surface area contributed by atoms with Crippen LogP contribution in [-0.4, -0.2) is 51.5 Å². The molecule has 0 radical (unpaired) electrons. The normalized spacial score (nSPS) is 12.8. The Labute approximate surface area is 193 Å². The van der Waals surface area contributed by atoms with Crippen molar-refractivity contribution in [3.63, 3.8) is 0 Å². The molecule has 1 amide bonds. The Morgan fingerprint density at radius 2 is 1.88 bits per heavy atom. The minimum atomic E-state index is -0.215. The van der Waals surface area contributed by atoms with Crippen LogP contribution in [0.25, 0.3) is 0 Å². The summed E-state index contributed by atoms with van der Waals surface area (Å²) in [6.07, 6.45) is 3.72. The average molecular weight is 457 g/mol. The number of amides is 1. The fourth-order valence-corrected chi connectivity index (χ4v) is 4.92. The third-order valence-electron chi connectivity index (χ3n) is 5.87. The van der Waals surface area contributed by atoms with Gasteiger partial charge in [0.05, 0.1) is 5.75 Å². The molecule has 1 heterocycles. The molecule has 1 aromatic heterocycles. The molecule has 0 spiro atoms. The lowest BCUT2D eigenvalue weighted by Crippen LogP contribution is -2.30. The topological polar surface area (TPSA) is 84.3 Å². The molecule has 0 saturated heterocycles. The van der Waals surface area contributed by atoms with E-state index in [2.05, 4.69) is 29.0 Å². The van der Waals surface area contributed by atoms with Gasteiger partial charge in [-0.05, 0) is 76.5 Å². The summed E-state index contributed by atoms with van der Waals surface area (Å²) in [5.74, 6) is 0.00272. The predicted octanol–water partition coefficient (Wildman–Crippen LogP) is 3.40. The lowest BCUT2D eigenvalue weighted by Gasteiger charge is -2.19. The summed E-state index contributed by atoms with van der Waals surface area (Å²) in [6, 6.07) is 6.82. The fraction of sp³-hybridized carbons (Fsp3) is 0.500. The maximum Gasteiger partial charge on any atom is 0.348 e. The third kappa shape index (κ3) is 6.07. The van der Waals surface area contributed by atoms with Gasteiger partial charge in [0, 0.05) is 29.1 Å². The van der Waals surface area contributed by atoms with E-state index in [0.717, 1.165) is 56.6 Å². The zero-order valence-electron chi connectivity index (χ0n) is 19.1. The molecule has 8 heteroatoms. The summed E-state index contributed by atoms with van der Waals surface area (Å²) in [7, 11) is 0. The van der Waals surface area contributed by atoms with E-state index in [1.54, 1.807) is 24.3 Å². The van der Waals surface area contributed by atoms with Gasteiger partial charge in [0.15, 0.2) is 5.78 Å². The number of anilines is 1. The molecule has 7 nitrogen and oxygen atoms in total. The van der Waals surface area contributed by atoms with E-state index in [0.29, 0.717) is 22.8 Å². The summed E-state index contributed by atoms with van der Waals surface area (Å²) < 4.78 is 1.84. The Kier molecular flexibility index (Phi) is 8.64. The van der Waals surface area contributed by atoms with E-state index < -0.39 is 0 Å². The van der Waals surface area contributed by atoms with Gasteiger partial charge in [-0.1, -0.05) is 25.6 Å². The molecule has 172 valence electrons. The Bertz CT molecular complexity index is 1010. The molecule has 0 bridgehead atoms. The third-order valence-corrected chi connectivity index (χ3v) is 6.88. The molecule has 3 rings (SSSR count). The molecular weight excluding hydrogens is 424 g/mol. The second-order valence-electron chi connectivity index (χ2n) is 7.98. The van der Waals surface area contributed by atoms with Crippen molar-refractivity contribution in [1.82, 2.24) is 14.5 Å². The first-order chi connectivity index (χ1) is 15.4. The molecule has 1 aliphatic rings. The van der Waals surface area contributed by atoms with Gasteiger partial charge in [-0.2, -0.15) is 4.98 Å². The van der Waals surface area contributed by atoms with E-state index >= 15 is 0 Å². The summed E-state index contributed by atoms with van der Waals surface area (Å²) in [5, 5.41) is 3.52. The monoisotopic (exact) mass is 456 g/mol. The molecule has 0 fully saturated rings. The highest BCUT2D eigenvalue weighted by Gasteiger charge is 2.22. The number of ketones is 1. The van der Waals surface area contributed by atoms with Crippen LogP contribution in [0.15, 0.2) is 34.1 Å². The van der Waals surface area contributed by atoms with Crippen LogP contribution < -0.4 is 11.0 Å². The number of hydrogen-bond acceptors (Lipinski definition) is 6. The van der Waals surface area contributed by atoms with Gasteiger partial charge < -0.3 is 10.2 Å². The van der Waals surface area contributed by atoms with Crippen LogP contribution in [0.4, 0.5) is 5.69 Å². The lowest BCUT2D eigenvalue weighted by molar-refractivity contribution is -0.113. The van der Waals surface area contributed by atoms with Crippen molar-refractivity contribution in [3.05, 3.63) is 51.6 Å². The van der Waals surface area contributed by atoms with Gasteiger partial charge in [0.25, 0.3) is 0 Å². The Hall–Kier alpha value is -2.45. The highest BCUT2D eigenvalue weighted by molar-refractivity contribution is 8.00. The first kappa shape index (κ1) is 24.2. The zero-order chi connectivity index (χ0) is 23.1. The zero-order valence-corrected chi connectivity index (χ0v) is 20.0. The smallest absolute Gasteiger partial charge is 0.325 e. The number of carbonyl (C=O) groups is 2. The Balaban J connectivity index is 1.62. The Morgan fingerprint density at radius 1 is 1.16 bits per heavy atom. The number of nitrogens with zero attached hydrogens (tertiary/aromatic N) is 3. The second kappa shape index (κ2) is 11.4. The van der Waals surface area contributed by atoms with Crippen molar-refractivity contribution >= 4 is 29.1 Å². The summed E-state index contributed by atoms with van der Waals surface area (Å²) in [4.78, 5) is 43.2. The second-order valence-corrected chi connectivity index (χ2v) is 8.94. The number of Topliss-reactive ketones (excluding diaryl/α,β-unsaturated/α-hetero) is 1. The van der Waals surface area contributed by atoms with Gasteiger partial charge in [0.2, 0.25) is 5.91 Å². The van der Waals surface area contributed by atoms with Crippen LogP contribution in [0, 0.1) is 0 Å². The molecule has 1 N–H and O–H groups in total. The number of benzene rings is 1. The molecule has 2 aromatic rings. The number of hydrogen-bond donors (Lipinski definition) is 1. The van der Waals surface area contributed by atoms with Gasteiger partial charge in [0.1, 0.15) is 5.03 Å². The number of aromatic nitrogens is 2. The quantitative estimate of drug-likeness (QED) is 0.317. The lowest BCUT2D eigenvalue weighted by atomic mass is 10.1. The summed E-state index contributed by atoms with van der Waals surface area (Å²) >= 11 is 1.32. The van der Waals surface area contributed by atoms with E-state index in [1.807, 2.05) is 4.57 Å². The van der Waals surface area contributed by atoms with Gasteiger partial charge in [-0.25, -0.2) is 4.79 Å². The molecular formula is C24H32N4O3S. The van der Waals surface area contributed by atoms with E-state index in [-0.39, 0.29) is 23.1 Å². The number of carbonyl (C=O) groups excluding carboxylic acids is 2. The maximum absolute atomic E-state index is 12.7. The number of nitrogens with one attached hydrogen (secondary N) is 1. The number of rotatable bonds is 11. The van der Waals surface area contributed by atoms with Crippen LogP contribution >= 0.6 is 11.8 Å². The largest absolute Gasteiger partial charge is 0.348 e. The predicted molar refractivity (Wildman–Crippen MR) is 129 cm³/mol. The van der Waals surface area contributed by atoms with Crippen LogP contribution in [0.2, 0.25) is 0 Å². The van der Waals surface area contributed by atoms with E-state index in [4.69, 9.17) is 0 Å². The van der Waals surface area contributed by atoms with E-state index in [9.17, 15) is 14.4 Å². The van der Waals surface area contributed by atoms with Crippen LogP contribution in [-0.2, 0) is 24.2 Å². The average Bonchev–Trinajstić information content (AvgIpc) is 3.27. The van der Waals surface area contributed by atoms with Crippen molar-refractivity contribution in [2.24, 2.45) is 0 Å². The van der Waals surface area contributed by atoms with Crippen molar-refractivity contribution < 1.29 is 9.59 Å². The molecule has 1 aromatic carbocycles. The first-order valence-corrected chi connectivity index (χ1v) is 12.3. The molecule has 0 aliphatic heterocycles. The highest BCUT2D eigenvalue weighted by atomic mass is 32.2. The minimum absolute atomic E-state index is 0.0128. The van der Waals surface area contributed by atoms with Crippen molar-refractivity contribution in [2.45, 2.75) is 58.0 Å².